The molecule has 0 atom stereocenters. The van der Waals surface area contributed by atoms with Crippen LogP contribution in [-0.2, 0) is 7.05 Å². The third-order valence-electron chi connectivity index (χ3n) is 2.77. The maximum absolute atomic E-state index is 12.1. The molecule has 0 aliphatic carbocycles. The molecular weight excluding hydrogens is 264 g/mol. The summed E-state index contributed by atoms with van der Waals surface area (Å²) in [5.41, 5.74) is 1.68. The summed E-state index contributed by atoms with van der Waals surface area (Å²) < 4.78 is 1.54. The molecule has 0 aliphatic rings. The van der Waals surface area contributed by atoms with E-state index in [-0.39, 0.29) is 5.69 Å². The van der Waals surface area contributed by atoms with Gasteiger partial charge in [0.2, 0.25) is 0 Å². The predicted molar refractivity (Wildman–Crippen MR) is 72.1 cm³/mol. The Morgan fingerprint density at radius 2 is 2.16 bits per heavy atom. The van der Waals surface area contributed by atoms with Crippen molar-refractivity contribution in [2.45, 2.75) is 6.92 Å². The van der Waals surface area contributed by atoms with Crippen molar-refractivity contribution in [3.05, 3.63) is 46.2 Å². The van der Waals surface area contributed by atoms with Crippen molar-refractivity contribution >= 4 is 23.2 Å². The molecule has 0 bridgehead atoms. The van der Waals surface area contributed by atoms with Crippen LogP contribution < -0.4 is 5.32 Å². The van der Waals surface area contributed by atoms with E-state index in [9.17, 15) is 4.79 Å². The fourth-order valence-electron chi connectivity index (χ4n) is 1.60. The normalized spacial score (nSPS) is 10.0. The molecule has 0 radical (unpaired) electrons. The Hall–Kier alpha value is -2.32. The number of carbonyl (C=O) groups is 1. The van der Waals surface area contributed by atoms with E-state index in [2.05, 4.69) is 10.4 Å². The summed E-state index contributed by atoms with van der Waals surface area (Å²) in [7, 11) is 1.71. The molecule has 6 heteroatoms. The molecule has 1 heterocycles. The number of benzene rings is 1. The van der Waals surface area contributed by atoms with Crippen molar-refractivity contribution in [2.75, 3.05) is 5.32 Å². The van der Waals surface area contributed by atoms with E-state index >= 15 is 0 Å². The molecule has 0 aliphatic heterocycles. The number of para-hydroxylation sites is 1. The number of anilines is 1. The number of nitrogens with one attached hydrogen (secondary N) is 1. The molecule has 2 aromatic rings. The van der Waals surface area contributed by atoms with Gasteiger partial charge in [-0.05, 0) is 19.1 Å². The second kappa shape index (κ2) is 5.12. The molecule has 0 saturated heterocycles. The van der Waals surface area contributed by atoms with Gasteiger partial charge < -0.3 is 5.32 Å². The minimum Gasteiger partial charge on any atom is -0.319 e. The van der Waals surface area contributed by atoms with Gasteiger partial charge in [-0.3, -0.25) is 9.48 Å². The average Bonchev–Trinajstić information content (AvgIpc) is 2.67. The molecule has 0 saturated carbocycles. The Balaban J connectivity index is 2.31. The van der Waals surface area contributed by atoms with Gasteiger partial charge >= 0.3 is 0 Å². The number of aryl methyl sites for hydroxylation is 1. The third kappa shape index (κ3) is 2.44. The highest BCUT2D eigenvalue weighted by atomic mass is 35.5. The fraction of sp³-hybridized carbons (Fsp3) is 0.154. The monoisotopic (exact) mass is 274 g/mol. The maximum atomic E-state index is 12.1. The van der Waals surface area contributed by atoms with Crippen LogP contribution in [0.5, 0.6) is 0 Å². The summed E-state index contributed by atoms with van der Waals surface area (Å²) in [6, 6.07) is 8.76. The molecule has 96 valence electrons. The van der Waals surface area contributed by atoms with E-state index in [0.29, 0.717) is 22.0 Å². The van der Waals surface area contributed by atoms with E-state index in [0.717, 1.165) is 0 Å². The highest BCUT2D eigenvalue weighted by Crippen LogP contribution is 2.21. The lowest BCUT2D eigenvalue weighted by molar-refractivity contribution is 0.102. The molecule has 0 unspecified atom stereocenters. The smallest absolute Gasteiger partial charge is 0.277 e. The lowest BCUT2D eigenvalue weighted by Crippen LogP contribution is -2.14. The fourth-order valence-corrected chi connectivity index (χ4v) is 1.84. The number of nitriles is 1. The first-order chi connectivity index (χ1) is 9.04. The van der Waals surface area contributed by atoms with Gasteiger partial charge in [0.1, 0.15) is 6.07 Å². The molecule has 1 N–H and O–H groups in total. The van der Waals surface area contributed by atoms with Gasteiger partial charge in [-0.1, -0.05) is 23.7 Å². The Labute approximate surface area is 115 Å². The summed E-state index contributed by atoms with van der Waals surface area (Å²) in [5.74, 6) is -0.434. The van der Waals surface area contributed by atoms with Gasteiger partial charge in [-0.25, -0.2) is 0 Å². The zero-order valence-corrected chi connectivity index (χ0v) is 11.2. The predicted octanol–water partition coefficient (Wildman–Crippen LogP) is 2.51. The van der Waals surface area contributed by atoms with Gasteiger partial charge in [0.25, 0.3) is 5.91 Å². The lowest BCUT2D eigenvalue weighted by Gasteiger charge is -2.04. The van der Waals surface area contributed by atoms with Gasteiger partial charge in [0.05, 0.1) is 22.0 Å². The first-order valence-corrected chi connectivity index (χ1v) is 5.92. The zero-order valence-electron chi connectivity index (χ0n) is 10.4. The number of carbonyl (C=O) groups excluding carboxylic acids is 1. The van der Waals surface area contributed by atoms with Crippen molar-refractivity contribution in [2.24, 2.45) is 7.05 Å². The van der Waals surface area contributed by atoms with Gasteiger partial charge in [0.15, 0.2) is 5.69 Å². The molecule has 1 aromatic heterocycles. The van der Waals surface area contributed by atoms with E-state index in [4.69, 9.17) is 16.9 Å². The summed E-state index contributed by atoms with van der Waals surface area (Å²) in [6.07, 6.45) is 0. The average molecular weight is 275 g/mol. The second-order valence-corrected chi connectivity index (χ2v) is 4.36. The number of hydrogen-bond acceptors (Lipinski definition) is 3. The van der Waals surface area contributed by atoms with Crippen LogP contribution in [0.4, 0.5) is 5.69 Å². The molecule has 2 rings (SSSR count). The molecule has 1 aromatic carbocycles. The SMILES string of the molecule is Cc1c(Cl)c(C(=O)Nc2ccccc2C#N)nn1C. The van der Waals surface area contributed by atoms with Crippen LogP contribution in [0.2, 0.25) is 5.02 Å². The third-order valence-corrected chi connectivity index (χ3v) is 3.22. The Kier molecular flexibility index (Phi) is 3.54. The van der Waals surface area contributed by atoms with Gasteiger partial charge in [0, 0.05) is 7.05 Å². The van der Waals surface area contributed by atoms with E-state index in [1.165, 1.54) is 4.68 Å². The highest BCUT2D eigenvalue weighted by molar-refractivity contribution is 6.34. The van der Waals surface area contributed by atoms with Crippen LogP contribution in [0.25, 0.3) is 0 Å². The molecule has 5 nitrogen and oxygen atoms in total. The van der Waals surface area contributed by atoms with E-state index < -0.39 is 5.91 Å². The van der Waals surface area contributed by atoms with Crippen molar-refractivity contribution in [1.29, 1.82) is 5.26 Å². The standard InChI is InChI=1S/C13H11ClN4O/c1-8-11(14)12(17-18(8)2)13(19)16-10-6-4-3-5-9(10)7-15/h3-6H,1-2H3,(H,16,19). The van der Waals surface area contributed by atoms with Crippen molar-refractivity contribution in [1.82, 2.24) is 9.78 Å². The van der Waals surface area contributed by atoms with Crippen molar-refractivity contribution in [3.8, 4) is 6.07 Å². The van der Waals surface area contributed by atoms with Gasteiger partial charge in [-0.2, -0.15) is 10.4 Å². The second-order valence-electron chi connectivity index (χ2n) is 3.98. The number of hydrogen-bond donors (Lipinski definition) is 1. The van der Waals surface area contributed by atoms with Crippen LogP contribution in [0.1, 0.15) is 21.7 Å². The largest absolute Gasteiger partial charge is 0.319 e. The number of halogens is 1. The topological polar surface area (TPSA) is 70.7 Å². The Morgan fingerprint density at radius 1 is 1.47 bits per heavy atom. The Morgan fingerprint density at radius 3 is 2.74 bits per heavy atom. The first kappa shape index (κ1) is 13.1. The number of amides is 1. The molecule has 1 amide bonds. The summed E-state index contributed by atoms with van der Waals surface area (Å²) in [4.78, 5) is 12.1. The van der Waals surface area contributed by atoms with Crippen LogP contribution in [0, 0.1) is 18.3 Å². The van der Waals surface area contributed by atoms with E-state index in [1.807, 2.05) is 6.07 Å². The number of aromatic nitrogens is 2. The van der Waals surface area contributed by atoms with Crippen LogP contribution in [0.15, 0.2) is 24.3 Å². The quantitative estimate of drug-likeness (QED) is 0.915. The minimum atomic E-state index is -0.434. The highest BCUT2D eigenvalue weighted by Gasteiger charge is 2.18. The van der Waals surface area contributed by atoms with Gasteiger partial charge in [-0.15, -0.1) is 0 Å². The van der Waals surface area contributed by atoms with E-state index in [1.54, 1.807) is 38.2 Å². The molecule has 0 fully saturated rings. The maximum Gasteiger partial charge on any atom is 0.277 e. The minimum absolute atomic E-state index is 0.148. The number of rotatable bonds is 2. The molecule has 0 spiro atoms. The Bertz CT molecular complexity index is 684. The first-order valence-electron chi connectivity index (χ1n) is 5.54. The zero-order chi connectivity index (χ0) is 14.0. The summed E-state index contributed by atoms with van der Waals surface area (Å²) in [6.45, 7) is 1.77. The number of nitrogens with zero attached hydrogens (tertiary/aromatic N) is 3. The summed E-state index contributed by atoms with van der Waals surface area (Å²) >= 11 is 6.04. The van der Waals surface area contributed by atoms with Crippen LogP contribution >= 0.6 is 11.6 Å². The summed E-state index contributed by atoms with van der Waals surface area (Å²) in [5, 5.41) is 16.0. The van der Waals surface area contributed by atoms with Crippen LogP contribution in [0.3, 0.4) is 0 Å². The van der Waals surface area contributed by atoms with Crippen molar-refractivity contribution in [3.63, 3.8) is 0 Å². The molecular formula is C13H11ClN4O. The molecule has 19 heavy (non-hydrogen) atoms. The van der Waals surface area contributed by atoms with Crippen molar-refractivity contribution < 1.29 is 4.79 Å². The van der Waals surface area contributed by atoms with Crippen LogP contribution in [-0.4, -0.2) is 15.7 Å². The lowest BCUT2D eigenvalue weighted by atomic mass is 10.2.